The molecule has 0 saturated heterocycles. The molecule has 1 fully saturated rings. The normalized spacial score (nSPS) is 16.8. The van der Waals surface area contributed by atoms with Crippen molar-refractivity contribution in [1.82, 2.24) is 4.72 Å². The first-order valence-electron chi connectivity index (χ1n) is 7.52. The van der Waals surface area contributed by atoms with E-state index < -0.39 is 21.8 Å². The molecule has 0 unspecified atom stereocenters. The van der Waals surface area contributed by atoms with Gasteiger partial charge in [0.25, 0.3) is 0 Å². The summed E-state index contributed by atoms with van der Waals surface area (Å²) in [5, 5.41) is 0. The quantitative estimate of drug-likeness (QED) is 0.876. The van der Waals surface area contributed by atoms with Gasteiger partial charge in [-0.1, -0.05) is 30.3 Å². The van der Waals surface area contributed by atoms with Crippen molar-refractivity contribution in [3.8, 4) is 0 Å². The van der Waals surface area contributed by atoms with Crippen LogP contribution in [0.4, 0.5) is 13.2 Å². The standard InChI is InChI=1S/C17H16F3NO2S/c18-17(19,20)14-8-10-15(11-9-14)24(22,23)21-16(13-6-7-13)12-4-2-1-3-5-12/h1-5,8-11,13,16,21H,6-7H2/t16-/m0/s1. The molecule has 128 valence electrons. The second-order valence-corrected chi connectivity index (χ2v) is 7.58. The smallest absolute Gasteiger partial charge is 0.207 e. The fraction of sp³-hybridized carbons (Fsp3) is 0.294. The molecule has 1 saturated carbocycles. The predicted octanol–water partition coefficient (Wildman–Crippen LogP) is 4.14. The van der Waals surface area contributed by atoms with E-state index in [2.05, 4.69) is 4.72 Å². The predicted molar refractivity (Wildman–Crippen MR) is 83.7 cm³/mol. The van der Waals surface area contributed by atoms with Crippen LogP contribution < -0.4 is 4.72 Å². The molecule has 1 N–H and O–H groups in total. The Morgan fingerprint density at radius 2 is 1.54 bits per heavy atom. The van der Waals surface area contributed by atoms with Crippen LogP contribution in [0.3, 0.4) is 0 Å². The molecule has 1 aliphatic carbocycles. The van der Waals surface area contributed by atoms with E-state index in [1.807, 2.05) is 30.3 Å². The minimum Gasteiger partial charge on any atom is -0.207 e. The van der Waals surface area contributed by atoms with E-state index in [0.29, 0.717) is 0 Å². The number of halogens is 3. The van der Waals surface area contributed by atoms with Crippen LogP contribution >= 0.6 is 0 Å². The SMILES string of the molecule is O=S(=O)(N[C@@H](c1ccccc1)C1CC1)c1ccc(C(F)(F)F)cc1. The Kier molecular flexibility index (Phi) is 4.40. The molecule has 0 heterocycles. The molecule has 2 aromatic carbocycles. The molecule has 0 bridgehead atoms. The van der Waals surface area contributed by atoms with Crippen LogP contribution in [-0.4, -0.2) is 8.42 Å². The first kappa shape index (κ1) is 17.0. The van der Waals surface area contributed by atoms with Crippen LogP contribution in [0.15, 0.2) is 59.5 Å². The van der Waals surface area contributed by atoms with Crippen LogP contribution in [-0.2, 0) is 16.2 Å². The molecule has 0 aromatic heterocycles. The van der Waals surface area contributed by atoms with Crippen LogP contribution in [0.5, 0.6) is 0 Å². The average Bonchev–Trinajstić information content (AvgIpc) is 3.38. The van der Waals surface area contributed by atoms with E-state index in [1.165, 1.54) is 0 Å². The number of alkyl halides is 3. The third-order valence-electron chi connectivity index (χ3n) is 4.03. The summed E-state index contributed by atoms with van der Waals surface area (Å²) in [5.74, 6) is 0.219. The summed E-state index contributed by atoms with van der Waals surface area (Å²) < 4.78 is 65.5. The van der Waals surface area contributed by atoms with E-state index in [9.17, 15) is 21.6 Å². The molecule has 24 heavy (non-hydrogen) atoms. The molecule has 0 spiro atoms. The zero-order chi connectivity index (χ0) is 17.4. The van der Waals surface area contributed by atoms with Crippen molar-refractivity contribution in [2.75, 3.05) is 0 Å². The highest BCUT2D eigenvalue weighted by molar-refractivity contribution is 7.89. The zero-order valence-electron chi connectivity index (χ0n) is 12.6. The summed E-state index contributed by atoms with van der Waals surface area (Å²) in [7, 11) is -3.89. The Labute approximate surface area is 138 Å². The zero-order valence-corrected chi connectivity index (χ0v) is 13.4. The van der Waals surface area contributed by atoms with Crippen LogP contribution in [0.25, 0.3) is 0 Å². The summed E-state index contributed by atoms with van der Waals surface area (Å²) in [6.45, 7) is 0. The maximum atomic E-state index is 12.6. The average molecular weight is 355 g/mol. The summed E-state index contributed by atoms with van der Waals surface area (Å²) in [6, 6.07) is 12.4. The molecule has 2 aromatic rings. The fourth-order valence-electron chi connectivity index (χ4n) is 2.58. The van der Waals surface area contributed by atoms with Gasteiger partial charge in [-0.15, -0.1) is 0 Å². The first-order valence-corrected chi connectivity index (χ1v) is 9.00. The molecule has 0 radical (unpaired) electrons. The van der Waals surface area contributed by atoms with Crippen molar-refractivity contribution in [2.24, 2.45) is 5.92 Å². The Morgan fingerprint density at radius 1 is 0.958 bits per heavy atom. The summed E-state index contributed by atoms with van der Waals surface area (Å²) in [4.78, 5) is -0.169. The fourth-order valence-corrected chi connectivity index (χ4v) is 3.88. The van der Waals surface area contributed by atoms with E-state index in [4.69, 9.17) is 0 Å². The second kappa shape index (κ2) is 6.22. The van der Waals surface area contributed by atoms with E-state index >= 15 is 0 Å². The van der Waals surface area contributed by atoms with Gasteiger partial charge in [-0.25, -0.2) is 13.1 Å². The molecular formula is C17H16F3NO2S. The van der Waals surface area contributed by atoms with Gasteiger partial charge >= 0.3 is 6.18 Å². The van der Waals surface area contributed by atoms with Crippen LogP contribution in [0, 0.1) is 5.92 Å². The first-order chi connectivity index (χ1) is 11.3. The van der Waals surface area contributed by atoms with Gasteiger partial charge < -0.3 is 0 Å². The Morgan fingerprint density at radius 3 is 2.04 bits per heavy atom. The van der Waals surface area contributed by atoms with Gasteiger partial charge in [-0.05, 0) is 48.6 Å². The molecule has 3 rings (SSSR count). The third-order valence-corrected chi connectivity index (χ3v) is 5.48. The lowest BCUT2D eigenvalue weighted by Gasteiger charge is -2.19. The molecule has 3 nitrogen and oxygen atoms in total. The summed E-state index contributed by atoms with van der Waals surface area (Å²) >= 11 is 0. The van der Waals surface area contributed by atoms with Crippen LogP contribution in [0.1, 0.15) is 30.0 Å². The lowest BCUT2D eigenvalue weighted by molar-refractivity contribution is -0.137. The molecule has 0 aliphatic heterocycles. The lowest BCUT2D eigenvalue weighted by Crippen LogP contribution is -2.30. The van der Waals surface area contributed by atoms with Gasteiger partial charge in [0.05, 0.1) is 10.5 Å². The third kappa shape index (κ3) is 3.79. The molecule has 7 heteroatoms. The maximum Gasteiger partial charge on any atom is 0.416 e. The highest BCUT2D eigenvalue weighted by atomic mass is 32.2. The van der Waals surface area contributed by atoms with Crippen molar-refractivity contribution in [3.63, 3.8) is 0 Å². The number of rotatable bonds is 5. The Bertz CT molecular complexity index is 798. The number of nitrogens with one attached hydrogen (secondary N) is 1. The summed E-state index contributed by atoms with van der Waals surface area (Å²) in [6.07, 6.45) is -2.64. The maximum absolute atomic E-state index is 12.6. The largest absolute Gasteiger partial charge is 0.416 e. The second-order valence-electron chi connectivity index (χ2n) is 5.87. The van der Waals surface area contributed by atoms with Crippen LogP contribution in [0.2, 0.25) is 0 Å². The van der Waals surface area contributed by atoms with E-state index in [-0.39, 0.29) is 16.9 Å². The van der Waals surface area contributed by atoms with Gasteiger partial charge in [-0.3, -0.25) is 0 Å². The lowest BCUT2D eigenvalue weighted by atomic mass is 10.0. The minimum absolute atomic E-state index is 0.169. The number of benzene rings is 2. The topological polar surface area (TPSA) is 46.2 Å². The highest BCUT2D eigenvalue weighted by Gasteiger charge is 2.36. The van der Waals surface area contributed by atoms with Gasteiger partial charge in [0.15, 0.2) is 0 Å². The molecule has 1 aliphatic rings. The molecular weight excluding hydrogens is 339 g/mol. The Balaban J connectivity index is 1.84. The summed E-state index contributed by atoms with van der Waals surface area (Å²) in [5.41, 5.74) is -0.0151. The monoisotopic (exact) mass is 355 g/mol. The van der Waals surface area contributed by atoms with E-state index in [0.717, 1.165) is 42.7 Å². The van der Waals surface area contributed by atoms with Gasteiger partial charge in [0.1, 0.15) is 0 Å². The highest BCUT2D eigenvalue weighted by Crippen LogP contribution is 2.41. The Hall–Kier alpha value is -1.86. The molecule has 0 amide bonds. The number of sulfonamides is 1. The minimum atomic E-state index is -4.49. The van der Waals surface area contributed by atoms with Crippen molar-refractivity contribution in [2.45, 2.75) is 30.0 Å². The number of hydrogen-bond donors (Lipinski definition) is 1. The van der Waals surface area contributed by atoms with Gasteiger partial charge in [0, 0.05) is 6.04 Å². The van der Waals surface area contributed by atoms with Gasteiger partial charge in [0.2, 0.25) is 10.0 Å². The van der Waals surface area contributed by atoms with Crippen molar-refractivity contribution in [1.29, 1.82) is 0 Å². The van der Waals surface area contributed by atoms with E-state index in [1.54, 1.807) is 0 Å². The van der Waals surface area contributed by atoms with Crippen molar-refractivity contribution >= 4 is 10.0 Å². The van der Waals surface area contributed by atoms with Gasteiger partial charge in [-0.2, -0.15) is 13.2 Å². The number of hydrogen-bond acceptors (Lipinski definition) is 2. The van der Waals surface area contributed by atoms with Crippen molar-refractivity contribution in [3.05, 3.63) is 65.7 Å². The van der Waals surface area contributed by atoms with Crippen molar-refractivity contribution < 1.29 is 21.6 Å². The molecule has 1 atom stereocenters.